The highest BCUT2D eigenvalue weighted by molar-refractivity contribution is 5.80. The van der Waals surface area contributed by atoms with Crippen LogP contribution in [0.2, 0.25) is 0 Å². The van der Waals surface area contributed by atoms with Gasteiger partial charge < -0.3 is 9.30 Å². The molecule has 0 aliphatic rings. The van der Waals surface area contributed by atoms with E-state index >= 15 is 0 Å². The van der Waals surface area contributed by atoms with Crippen LogP contribution in [0.4, 0.5) is 4.39 Å². The number of aryl methyl sites for hydroxylation is 1. The van der Waals surface area contributed by atoms with Gasteiger partial charge in [-0.25, -0.2) is 4.39 Å². The summed E-state index contributed by atoms with van der Waals surface area (Å²) in [5.74, 6) is -0.538. The van der Waals surface area contributed by atoms with Gasteiger partial charge >= 0.3 is 5.97 Å². The second kappa shape index (κ2) is 4.35. The van der Waals surface area contributed by atoms with Crippen molar-refractivity contribution in [2.45, 2.75) is 13.0 Å². The first kappa shape index (κ1) is 10.7. The Balaban J connectivity index is 2.24. The number of halogens is 1. The van der Waals surface area contributed by atoms with Gasteiger partial charge in [-0.3, -0.25) is 4.79 Å². The van der Waals surface area contributed by atoms with E-state index < -0.39 is 0 Å². The van der Waals surface area contributed by atoms with Crippen LogP contribution in [-0.2, 0) is 16.1 Å². The summed E-state index contributed by atoms with van der Waals surface area (Å²) in [5.41, 5.74) is 0.795. The Bertz CT molecular complexity index is 519. The monoisotopic (exact) mass is 221 g/mol. The lowest BCUT2D eigenvalue weighted by atomic mass is 10.2. The van der Waals surface area contributed by atoms with Gasteiger partial charge in [0.25, 0.3) is 0 Å². The fourth-order valence-electron chi connectivity index (χ4n) is 1.67. The van der Waals surface area contributed by atoms with Crippen LogP contribution >= 0.6 is 0 Å². The summed E-state index contributed by atoms with van der Waals surface area (Å²) in [6, 6.07) is 6.50. The zero-order chi connectivity index (χ0) is 11.5. The van der Waals surface area contributed by atoms with E-state index in [-0.39, 0.29) is 18.2 Å². The van der Waals surface area contributed by atoms with Crippen molar-refractivity contribution < 1.29 is 13.9 Å². The maximum Gasteiger partial charge on any atom is 0.307 e. The van der Waals surface area contributed by atoms with Crippen molar-refractivity contribution in [1.82, 2.24) is 4.57 Å². The number of ether oxygens (including phenoxy) is 1. The molecule has 0 unspecified atom stereocenters. The van der Waals surface area contributed by atoms with Crippen molar-refractivity contribution in [2.75, 3.05) is 7.11 Å². The number of aromatic nitrogens is 1. The van der Waals surface area contributed by atoms with Crippen molar-refractivity contribution >= 4 is 16.9 Å². The highest BCUT2D eigenvalue weighted by atomic mass is 19.1. The molecule has 1 aromatic carbocycles. The number of benzene rings is 1. The summed E-state index contributed by atoms with van der Waals surface area (Å²) < 4.78 is 19.5. The molecule has 0 saturated heterocycles. The molecule has 0 N–H and O–H groups in total. The van der Waals surface area contributed by atoms with Crippen LogP contribution in [0.1, 0.15) is 6.42 Å². The zero-order valence-electron chi connectivity index (χ0n) is 8.94. The standard InChI is InChI=1S/C12H12FNO2/c1-16-12(15)5-7-14-6-4-9-2-3-10(13)8-11(9)14/h2-4,6,8H,5,7H2,1H3. The van der Waals surface area contributed by atoms with E-state index in [0.29, 0.717) is 6.54 Å². The summed E-state index contributed by atoms with van der Waals surface area (Å²) in [6.07, 6.45) is 2.13. The number of hydrogen-bond acceptors (Lipinski definition) is 2. The lowest BCUT2D eigenvalue weighted by molar-refractivity contribution is -0.140. The zero-order valence-corrected chi connectivity index (χ0v) is 8.94. The van der Waals surface area contributed by atoms with Crippen molar-refractivity contribution in [2.24, 2.45) is 0 Å². The van der Waals surface area contributed by atoms with Crippen LogP contribution in [0.5, 0.6) is 0 Å². The molecule has 3 nitrogen and oxygen atoms in total. The van der Waals surface area contributed by atoms with Gasteiger partial charge in [-0.05, 0) is 29.7 Å². The Morgan fingerprint density at radius 1 is 1.44 bits per heavy atom. The third-order valence-electron chi connectivity index (χ3n) is 2.52. The minimum atomic E-state index is -0.273. The maximum absolute atomic E-state index is 13.1. The fraction of sp³-hybridized carbons (Fsp3) is 0.250. The lowest BCUT2D eigenvalue weighted by Gasteiger charge is -2.04. The Hall–Kier alpha value is -1.84. The van der Waals surface area contributed by atoms with Gasteiger partial charge in [0.05, 0.1) is 19.0 Å². The van der Waals surface area contributed by atoms with E-state index in [4.69, 9.17) is 0 Å². The number of carbonyl (C=O) groups excluding carboxylic acids is 1. The van der Waals surface area contributed by atoms with Crippen LogP contribution in [0.3, 0.4) is 0 Å². The average molecular weight is 221 g/mol. The molecule has 2 aromatic rings. The molecule has 4 heteroatoms. The predicted molar refractivity (Wildman–Crippen MR) is 58.5 cm³/mol. The highest BCUT2D eigenvalue weighted by Crippen LogP contribution is 2.17. The normalized spacial score (nSPS) is 10.6. The van der Waals surface area contributed by atoms with Crippen molar-refractivity contribution in [1.29, 1.82) is 0 Å². The predicted octanol–water partition coefficient (Wildman–Crippen LogP) is 2.34. The van der Waals surface area contributed by atoms with Crippen molar-refractivity contribution in [3.63, 3.8) is 0 Å². The first-order valence-electron chi connectivity index (χ1n) is 5.02. The molecule has 2 rings (SSSR count). The fourth-order valence-corrected chi connectivity index (χ4v) is 1.67. The highest BCUT2D eigenvalue weighted by Gasteiger charge is 2.05. The number of methoxy groups -OCH3 is 1. The van der Waals surface area contributed by atoms with Crippen LogP contribution < -0.4 is 0 Å². The molecular weight excluding hydrogens is 209 g/mol. The Morgan fingerprint density at radius 2 is 2.25 bits per heavy atom. The van der Waals surface area contributed by atoms with E-state index in [9.17, 15) is 9.18 Å². The topological polar surface area (TPSA) is 31.2 Å². The Kier molecular flexibility index (Phi) is 2.90. The minimum absolute atomic E-state index is 0.266. The number of rotatable bonds is 3. The summed E-state index contributed by atoms with van der Waals surface area (Å²) >= 11 is 0. The molecule has 0 atom stereocenters. The smallest absolute Gasteiger partial charge is 0.307 e. The summed E-state index contributed by atoms with van der Waals surface area (Å²) in [5, 5.41) is 0.964. The number of fused-ring (bicyclic) bond motifs is 1. The van der Waals surface area contributed by atoms with Crippen LogP contribution in [0.25, 0.3) is 10.9 Å². The first-order valence-corrected chi connectivity index (χ1v) is 5.02. The molecule has 1 heterocycles. The van der Waals surface area contributed by atoms with E-state index in [2.05, 4.69) is 4.74 Å². The van der Waals surface area contributed by atoms with E-state index in [1.54, 1.807) is 6.07 Å². The lowest BCUT2D eigenvalue weighted by Crippen LogP contribution is -2.06. The summed E-state index contributed by atoms with van der Waals surface area (Å²) in [6.45, 7) is 0.500. The third-order valence-corrected chi connectivity index (χ3v) is 2.52. The number of esters is 1. The molecule has 0 fully saturated rings. The second-order valence-corrected chi connectivity index (χ2v) is 3.54. The van der Waals surface area contributed by atoms with Crippen molar-refractivity contribution in [3.05, 3.63) is 36.3 Å². The molecule has 1 aromatic heterocycles. The van der Waals surface area contributed by atoms with E-state index in [1.807, 2.05) is 16.8 Å². The minimum Gasteiger partial charge on any atom is -0.469 e. The van der Waals surface area contributed by atoms with Gasteiger partial charge in [-0.1, -0.05) is 0 Å². The summed E-state index contributed by atoms with van der Waals surface area (Å²) in [4.78, 5) is 11.0. The van der Waals surface area contributed by atoms with Crippen LogP contribution in [0, 0.1) is 5.82 Å². The van der Waals surface area contributed by atoms with E-state index in [0.717, 1.165) is 10.9 Å². The van der Waals surface area contributed by atoms with Gasteiger partial charge in [0.2, 0.25) is 0 Å². The van der Waals surface area contributed by atoms with Gasteiger partial charge in [-0.2, -0.15) is 0 Å². The maximum atomic E-state index is 13.1. The van der Waals surface area contributed by atoms with Gasteiger partial charge in [0.15, 0.2) is 0 Å². The largest absolute Gasteiger partial charge is 0.469 e. The Labute approximate surface area is 92.4 Å². The van der Waals surface area contributed by atoms with Gasteiger partial charge in [0.1, 0.15) is 5.82 Å². The SMILES string of the molecule is COC(=O)CCn1ccc2ccc(F)cc21. The molecule has 0 saturated carbocycles. The van der Waals surface area contributed by atoms with Crippen molar-refractivity contribution in [3.8, 4) is 0 Å². The summed E-state index contributed by atoms with van der Waals surface area (Å²) in [7, 11) is 1.36. The number of hydrogen-bond donors (Lipinski definition) is 0. The van der Waals surface area contributed by atoms with E-state index in [1.165, 1.54) is 19.2 Å². The molecule has 0 amide bonds. The molecular formula is C12H12FNO2. The molecule has 0 radical (unpaired) electrons. The second-order valence-electron chi connectivity index (χ2n) is 3.54. The molecule has 0 spiro atoms. The quantitative estimate of drug-likeness (QED) is 0.745. The molecule has 0 aliphatic carbocycles. The molecule has 0 bridgehead atoms. The number of nitrogens with zero attached hydrogens (tertiary/aromatic N) is 1. The van der Waals surface area contributed by atoms with Crippen LogP contribution in [0.15, 0.2) is 30.5 Å². The molecule has 84 valence electrons. The van der Waals surface area contributed by atoms with Crippen LogP contribution in [-0.4, -0.2) is 17.6 Å². The third kappa shape index (κ3) is 2.05. The average Bonchev–Trinajstić information content (AvgIpc) is 2.68. The Morgan fingerprint density at radius 3 is 3.00 bits per heavy atom. The molecule has 0 aliphatic heterocycles. The number of carbonyl (C=O) groups is 1. The van der Waals surface area contributed by atoms with Gasteiger partial charge in [-0.15, -0.1) is 0 Å². The first-order chi connectivity index (χ1) is 7.70. The van der Waals surface area contributed by atoms with Gasteiger partial charge in [0, 0.05) is 12.7 Å². The molecule has 16 heavy (non-hydrogen) atoms.